The van der Waals surface area contributed by atoms with Gasteiger partial charge < -0.3 is 0 Å². The van der Waals surface area contributed by atoms with E-state index < -0.39 is 0 Å². The Bertz CT molecular complexity index is 1230. The molecule has 1 fully saturated rings. The summed E-state index contributed by atoms with van der Waals surface area (Å²) in [5, 5.41) is 0. The van der Waals surface area contributed by atoms with Crippen molar-refractivity contribution in [1.82, 2.24) is 0 Å². The van der Waals surface area contributed by atoms with Gasteiger partial charge in [-0.1, -0.05) is 94.8 Å². The minimum absolute atomic E-state index is 0.721. The Balaban J connectivity index is 1.63. The zero-order chi connectivity index (χ0) is 20.7. The fourth-order valence-corrected chi connectivity index (χ4v) is 5.11. The third kappa shape index (κ3) is 3.52. The van der Waals surface area contributed by atoms with Crippen molar-refractivity contribution in [1.29, 1.82) is 0 Å². The first-order valence-corrected chi connectivity index (χ1v) is 11.5. The van der Waals surface area contributed by atoms with Gasteiger partial charge in [0.1, 0.15) is 0 Å². The van der Waals surface area contributed by atoms with Crippen molar-refractivity contribution in [2.45, 2.75) is 32.6 Å². The minimum Gasteiger partial charge on any atom is -0.0620 e. The van der Waals surface area contributed by atoms with Crippen molar-refractivity contribution < 1.29 is 0 Å². The second-order valence-corrected chi connectivity index (χ2v) is 9.22. The van der Waals surface area contributed by atoms with E-state index in [1.807, 2.05) is 0 Å². The van der Waals surface area contributed by atoms with Gasteiger partial charge in [0.15, 0.2) is 0 Å². The molecule has 1 heteroatoms. The highest BCUT2D eigenvalue weighted by molar-refractivity contribution is 9.10. The van der Waals surface area contributed by atoms with Gasteiger partial charge in [-0.05, 0) is 88.7 Å². The van der Waals surface area contributed by atoms with Gasteiger partial charge >= 0.3 is 0 Å². The van der Waals surface area contributed by atoms with Crippen LogP contribution >= 0.6 is 15.9 Å². The van der Waals surface area contributed by atoms with Crippen molar-refractivity contribution in [3.63, 3.8) is 0 Å². The maximum atomic E-state index is 3.83. The van der Waals surface area contributed by atoms with Gasteiger partial charge in [0, 0.05) is 4.47 Å². The zero-order valence-electron chi connectivity index (χ0n) is 17.5. The largest absolute Gasteiger partial charge is 0.0620 e. The Morgan fingerprint density at radius 3 is 2.03 bits per heavy atom. The third-order valence-electron chi connectivity index (χ3n) is 6.23. The van der Waals surface area contributed by atoms with Gasteiger partial charge in [0.05, 0.1) is 0 Å². The molecule has 0 amide bonds. The molecule has 1 saturated carbocycles. The summed E-state index contributed by atoms with van der Waals surface area (Å²) in [5.41, 5.74) is 12.0. The Morgan fingerprint density at radius 2 is 1.33 bits per heavy atom. The summed E-state index contributed by atoms with van der Waals surface area (Å²) in [6, 6.07) is 31.0. The SMILES string of the molecule is Cc1ccccc1-c1ccccc1-c1ccc(-c2c(Br)cccc2C2CC2)c(C)c1. The molecule has 0 aliphatic heterocycles. The first-order valence-electron chi connectivity index (χ1n) is 10.7. The van der Waals surface area contributed by atoms with Gasteiger partial charge in [-0.25, -0.2) is 0 Å². The average molecular weight is 453 g/mol. The van der Waals surface area contributed by atoms with E-state index in [1.165, 1.54) is 67.4 Å². The lowest BCUT2D eigenvalue weighted by molar-refractivity contribution is 1.13. The summed E-state index contributed by atoms with van der Waals surface area (Å²) in [6.07, 6.45) is 2.62. The maximum Gasteiger partial charge on any atom is 0.0256 e. The van der Waals surface area contributed by atoms with E-state index in [1.54, 1.807) is 0 Å². The first kappa shape index (κ1) is 19.3. The monoisotopic (exact) mass is 452 g/mol. The molecule has 0 N–H and O–H groups in total. The Kier molecular flexibility index (Phi) is 5.08. The molecular formula is C29H25Br. The molecule has 148 valence electrons. The Hall–Kier alpha value is -2.64. The van der Waals surface area contributed by atoms with E-state index >= 15 is 0 Å². The quantitative estimate of drug-likeness (QED) is 0.289. The lowest BCUT2D eigenvalue weighted by Crippen LogP contribution is -1.93. The number of hydrogen-bond donors (Lipinski definition) is 0. The van der Waals surface area contributed by atoms with Crippen molar-refractivity contribution in [3.8, 4) is 33.4 Å². The van der Waals surface area contributed by atoms with E-state index in [0.29, 0.717) is 0 Å². The van der Waals surface area contributed by atoms with Gasteiger partial charge in [-0.3, -0.25) is 0 Å². The number of rotatable bonds is 4. The fourth-order valence-electron chi connectivity index (χ4n) is 4.52. The van der Waals surface area contributed by atoms with Crippen LogP contribution in [0.1, 0.15) is 35.4 Å². The Labute approximate surface area is 187 Å². The summed E-state index contributed by atoms with van der Waals surface area (Å²) >= 11 is 3.83. The van der Waals surface area contributed by atoms with E-state index in [2.05, 4.69) is 115 Å². The normalized spacial score (nSPS) is 13.4. The highest BCUT2D eigenvalue weighted by Gasteiger charge is 2.27. The van der Waals surface area contributed by atoms with Crippen LogP contribution in [0.15, 0.2) is 89.4 Å². The molecule has 0 heterocycles. The molecule has 1 aliphatic carbocycles. The molecule has 4 aromatic rings. The molecular weight excluding hydrogens is 428 g/mol. The fraction of sp³-hybridized carbons (Fsp3) is 0.172. The molecule has 0 radical (unpaired) electrons. The topological polar surface area (TPSA) is 0 Å². The van der Waals surface area contributed by atoms with Crippen LogP contribution in [0.4, 0.5) is 0 Å². The molecule has 0 saturated heterocycles. The smallest absolute Gasteiger partial charge is 0.0256 e. The van der Waals surface area contributed by atoms with Crippen LogP contribution in [-0.4, -0.2) is 0 Å². The summed E-state index contributed by atoms with van der Waals surface area (Å²) in [7, 11) is 0. The summed E-state index contributed by atoms with van der Waals surface area (Å²) in [4.78, 5) is 0. The minimum atomic E-state index is 0.721. The van der Waals surface area contributed by atoms with Crippen molar-refractivity contribution in [3.05, 3.63) is 106 Å². The maximum absolute atomic E-state index is 3.83. The number of hydrogen-bond acceptors (Lipinski definition) is 0. The molecule has 0 bridgehead atoms. The standard InChI is InChI=1S/C29H25Br/c1-19-8-3-4-9-23(19)27-11-6-5-10-25(27)22-16-17-24(20(2)18-22)29-26(21-14-15-21)12-7-13-28(29)30/h3-13,16-18,21H,14-15H2,1-2H3. The van der Waals surface area contributed by atoms with Crippen molar-refractivity contribution in [2.75, 3.05) is 0 Å². The van der Waals surface area contributed by atoms with Gasteiger partial charge in [-0.2, -0.15) is 0 Å². The molecule has 0 spiro atoms. The van der Waals surface area contributed by atoms with Crippen LogP contribution < -0.4 is 0 Å². The van der Waals surface area contributed by atoms with Crippen LogP contribution in [0.3, 0.4) is 0 Å². The van der Waals surface area contributed by atoms with Crippen LogP contribution in [0.2, 0.25) is 0 Å². The lowest BCUT2D eigenvalue weighted by Gasteiger charge is -2.17. The predicted molar refractivity (Wildman–Crippen MR) is 132 cm³/mol. The molecule has 0 nitrogen and oxygen atoms in total. The summed E-state index contributed by atoms with van der Waals surface area (Å²) < 4.78 is 1.20. The van der Waals surface area contributed by atoms with Gasteiger partial charge in [-0.15, -0.1) is 0 Å². The molecule has 30 heavy (non-hydrogen) atoms. The summed E-state index contributed by atoms with van der Waals surface area (Å²) in [5.74, 6) is 0.721. The number of aryl methyl sites for hydroxylation is 2. The molecule has 0 atom stereocenters. The van der Waals surface area contributed by atoms with Crippen LogP contribution in [0.5, 0.6) is 0 Å². The predicted octanol–water partition coefficient (Wildman–Crippen LogP) is 8.94. The highest BCUT2D eigenvalue weighted by atomic mass is 79.9. The molecule has 1 aliphatic rings. The van der Waals surface area contributed by atoms with Crippen molar-refractivity contribution in [2.24, 2.45) is 0 Å². The second kappa shape index (κ2) is 7.89. The average Bonchev–Trinajstić information content (AvgIpc) is 3.60. The van der Waals surface area contributed by atoms with Gasteiger partial charge in [0.2, 0.25) is 0 Å². The van der Waals surface area contributed by atoms with E-state index in [9.17, 15) is 0 Å². The van der Waals surface area contributed by atoms with Crippen LogP contribution in [-0.2, 0) is 0 Å². The lowest BCUT2D eigenvalue weighted by atomic mass is 9.88. The Morgan fingerprint density at radius 1 is 0.633 bits per heavy atom. The van der Waals surface area contributed by atoms with Crippen LogP contribution in [0, 0.1) is 13.8 Å². The first-order chi connectivity index (χ1) is 14.6. The molecule has 5 rings (SSSR count). The zero-order valence-corrected chi connectivity index (χ0v) is 19.0. The molecule has 0 unspecified atom stereocenters. The molecule has 4 aromatic carbocycles. The van der Waals surface area contributed by atoms with E-state index in [-0.39, 0.29) is 0 Å². The molecule has 0 aromatic heterocycles. The number of halogens is 1. The summed E-state index contributed by atoms with van der Waals surface area (Å²) in [6.45, 7) is 4.43. The van der Waals surface area contributed by atoms with E-state index in [0.717, 1.165) is 5.92 Å². The highest BCUT2D eigenvalue weighted by Crippen LogP contribution is 2.47. The van der Waals surface area contributed by atoms with Crippen molar-refractivity contribution >= 4 is 15.9 Å². The number of benzene rings is 4. The van der Waals surface area contributed by atoms with E-state index in [4.69, 9.17) is 0 Å². The van der Waals surface area contributed by atoms with Gasteiger partial charge in [0.25, 0.3) is 0 Å². The van der Waals surface area contributed by atoms with Crippen LogP contribution in [0.25, 0.3) is 33.4 Å². The third-order valence-corrected chi connectivity index (χ3v) is 6.89. The second-order valence-electron chi connectivity index (χ2n) is 8.37.